The monoisotopic (exact) mass is 294 g/mol. The molecule has 2 aliphatic rings. The van der Waals surface area contributed by atoms with Gasteiger partial charge in [-0.05, 0) is 35.7 Å². The molecule has 4 rings (SSSR count). The van der Waals surface area contributed by atoms with Crippen LogP contribution in [0.15, 0.2) is 41.5 Å². The molecule has 1 aliphatic heterocycles. The van der Waals surface area contributed by atoms with Crippen molar-refractivity contribution >= 4 is 11.8 Å². The van der Waals surface area contributed by atoms with E-state index in [4.69, 9.17) is 16.2 Å². The first-order chi connectivity index (χ1) is 10.6. The average molecular weight is 294 g/mol. The van der Waals surface area contributed by atoms with Gasteiger partial charge in [-0.2, -0.15) is 0 Å². The first kappa shape index (κ1) is 13.1. The summed E-state index contributed by atoms with van der Waals surface area (Å²) in [6.45, 7) is 2.04. The lowest BCUT2D eigenvalue weighted by molar-refractivity contribution is 0.157. The predicted molar refractivity (Wildman–Crippen MR) is 86.4 cm³/mol. The molecular weight excluding hydrogens is 276 g/mol. The van der Waals surface area contributed by atoms with Crippen LogP contribution in [-0.4, -0.2) is 22.6 Å². The molecule has 5 nitrogen and oxygen atoms in total. The number of pyridine rings is 1. The van der Waals surface area contributed by atoms with E-state index in [-0.39, 0.29) is 11.6 Å². The van der Waals surface area contributed by atoms with Crippen molar-refractivity contribution in [2.45, 2.75) is 31.4 Å². The lowest BCUT2D eigenvalue weighted by Gasteiger charge is -2.23. The van der Waals surface area contributed by atoms with Crippen molar-refractivity contribution in [2.75, 3.05) is 5.73 Å². The Bertz CT molecular complexity index is 786. The normalized spacial score (nSPS) is 25.9. The zero-order chi connectivity index (χ0) is 15.3. The molecule has 0 saturated heterocycles. The molecular formula is C17H18N4O. The zero-order valence-corrected chi connectivity index (χ0v) is 12.4. The number of aliphatic imine (C=N–C) groups is 1. The maximum Gasteiger partial charge on any atom is 0.282 e. The maximum absolute atomic E-state index is 6.06. The molecule has 2 aromatic rings. The molecule has 0 fully saturated rings. The van der Waals surface area contributed by atoms with E-state index in [1.807, 2.05) is 19.1 Å². The largest absolute Gasteiger partial charge is 0.460 e. The van der Waals surface area contributed by atoms with Gasteiger partial charge in [-0.1, -0.05) is 18.2 Å². The molecule has 1 spiro atoms. The minimum Gasteiger partial charge on any atom is -0.460 e. The molecule has 4 N–H and O–H groups in total. The Kier molecular flexibility index (Phi) is 2.66. The van der Waals surface area contributed by atoms with Crippen molar-refractivity contribution < 1.29 is 4.74 Å². The van der Waals surface area contributed by atoms with Gasteiger partial charge < -0.3 is 16.2 Å². The van der Waals surface area contributed by atoms with E-state index in [9.17, 15) is 0 Å². The Balaban J connectivity index is 1.83. The Morgan fingerprint density at radius 3 is 2.68 bits per heavy atom. The minimum atomic E-state index is -0.278. The summed E-state index contributed by atoms with van der Waals surface area (Å²) in [5, 5.41) is 0. The van der Waals surface area contributed by atoms with E-state index in [0.717, 1.165) is 24.0 Å². The number of benzene rings is 1. The minimum absolute atomic E-state index is 0.0148. The summed E-state index contributed by atoms with van der Waals surface area (Å²) < 4.78 is 5.59. The van der Waals surface area contributed by atoms with Crippen LogP contribution < -0.4 is 11.5 Å². The number of rotatable bonds is 1. The van der Waals surface area contributed by atoms with E-state index in [1.54, 1.807) is 6.20 Å². The number of nitrogens with zero attached hydrogens (tertiary/aromatic N) is 2. The van der Waals surface area contributed by atoms with Crippen LogP contribution in [0.3, 0.4) is 0 Å². The summed E-state index contributed by atoms with van der Waals surface area (Å²) in [6, 6.07) is 10.5. The summed E-state index contributed by atoms with van der Waals surface area (Å²) in [5.41, 5.74) is 16.2. The van der Waals surface area contributed by atoms with Gasteiger partial charge in [-0.25, -0.2) is 9.98 Å². The van der Waals surface area contributed by atoms with Crippen LogP contribution in [0.1, 0.15) is 18.1 Å². The average Bonchev–Trinajstić information content (AvgIpc) is 2.99. The van der Waals surface area contributed by atoms with Crippen LogP contribution in [0.5, 0.6) is 0 Å². The standard InChI is InChI=1S/C17H18N4O/c1-10-17(21-16(19)22-10)8-11-4-2-5-12(14(11)9-17)13-6-3-7-20-15(13)18/h2-7,10H,8-9H2,1H3,(H2,18,20)(H2,19,21)/t10-,17-/m1/s1. The second-order valence-corrected chi connectivity index (χ2v) is 6.05. The third-order valence-corrected chi connectivity index (χ3v) is 4.77. The van der Waals surface area contributed by atoms with Crippen LogP contribution in [0.2, 0.25) is 0 Å². The van der Waals surface area contributed by atoms with Crippen LogP contribution in [0.25, 0.3) is 11.1 Å². The molecule has 2 atom stereocenters. The number of fused-ring (bicyclic) bond motifs is 1. The van der Waals surface area contributed by atoms with Gasteiger partial charge in [0.2, 0.25) is 0 Å². The van der Waals surface area contributed by atoms with E-state index in [0.29, 0.717) is 11.8 Å². The third kappa shape index (κ3) is 1.78. The number of hydrogen-bond donors (Lipinski definition) is 2. The fraction of sp³-hybridized carbons (Fsp3) is 0.294. The Hall–Kier alpha value is -2.56. The van der Waals surface area contributed by atoms with Crippen LogP contribution in [-0.2, 0) is 17.6 Å². The number of nitrogen functional groups attached to an aromatic ring is 1. The lowest BCUT2D eigenvalue weighted by atomic mass is 9.90. The zero-order valence-electron chi connectivity index (χ0n) is 12.4. The highest BCUT2D eigenvalue weighted by Crippen LogP contribution is 2.43. The highest BCUT2D eigenvalue weighted by atomic mass is 16.5. The van der Waals surface area contributed by atoms with Gasteiger partial charge in [-0.3, -0.25) is 0 Å². The molecule has 1 aliphatic carbocycles. The van der Waals surface area contributed by atoms with Crippen LogP contribution in [0.4, 0.5) is 5.82 Å². The van der Waals surface area contributed by atoms with Gasteiger partial charge in [-0.15, -0.1) is 0 Å². The SMILES string of the molecule is C[C@H]1OC(N)=N[C@@]12Cc1cccc(-c3cccnc3N)c1C2. The second kappa shape index (κ2) is 4.47. The molecule has 0 unspecified atom stereocenters. The number of amidine groups is 1. The molecule has 0 amide bonds. The number of aromatic nitrogens is 1. The summed E-state index contributed by atoms with van der Waals surface area (Å²) in [7, 11) is 0. The molecule has 2 heterocycles. The summed E-state index contributed by atoms with van der Waals surface area (Å²) >= 11 is 0. The summed E-state index contributed by atoms with van der Waals surface area (Å²) in [6.07, 6.45) is 3.35. The smallest absolute Gasteiger partial charge is 0.282 e. The topological polar surface area (TPSA) is 86.5 Å². The molecule has 1 aromatic carbocycles. The number of hydrogen-bond acceptors (Lipinski definition) is 5. The van der Waals surface area contributed by atoms with Gasteiger partial charge in [0.1, 0.15) is 17.5 Å². The van der Waals surface area contributed by atoms with Gasteiger partial charge in [0.05, 0.1) is 0 Å². The van der Waals surface area contributed by atoms with Crippen molar-refractivity contribution in [1.29, 1.82) is 0 Å². The van der Waals surface area contributed by atoms with Crippen molar-refractivity contribution in [1.82, 2.24) is 4.98 Å². The molecule has 0 bridgehead atoms. The molecule has 5 heteroatoms. The maximum atomic E-state index is 6.06. The van der Waals surface area contributed by atoms with Crippen molar-refractivity contribution in [2.24, 2.45) is 10.7 Å². The highest BCUT2D eigenvalue weighted by Gasteiger charge is 2.48. The molecule has 0 saturated carbocycles. The van der Waals surface area contributed by atoms with Crippen LogP contribution >= 0.6 is 0 Å². The first-order valence-corrected chi connectivity index (χ1v) is 7.43. The fourth-order valence-electron chi connectivity index (χ4n) is 3.60. The van der Waals surface area contributed by atoms with Gasteiger partial charge in [0.25, 0.3) is 6.02 Å². The van der Waals surface area contributed by atoms with Crippen molar-refractivity contribution in [3.8, 4) is 11.1 Å². The fourth-order valence-corrected chi connectivity index (χ4v) is 3.60. The first-order valence-electron chi connectivity index (χ1n) is 7.43. The van der Waals surface area contributed by atoms with E-state index in [2.05, 4.69) is 28.2 Å². The van der Waals surface area contributed by atoms with E-state index >= 15 is 0 Å². The summed E-state index contributed by atoms with van der Waals surface area (Å²) in [5.74, 6) is 0.551. The predicted octanol–water partition coefficient (Wildman–Crippen LogP) is 1.90. The second-order valence-electron chi connectivity index (χ2n) is 6.05. The molecule has 1 aromatic heterocycles. The summed E-state index contributed by atoms with van der Waals surface area (Å²) in [4.78, 5) is 8.80. The van der Waals surface area contributed by atoms with Gasteiger partial charge in [0.15, 0.2) is 0 Å². The Morgan fingerprint density at radius 1 is 1.14 bits per heavy atom. The van der Waals surface area contributed by atoms with Crippen LogP contribution in [0, 0.1) is 0 Å². The van der Waals surface area contributed by atoms with Gasteiger partial charge >= 0.3 is 0 Å². The number of ether oxygens (including phenoxy) is 1. The lowest BCUT2D eigenvalue weighted by Crippen LogP contribution is -2.36. The molecule has 112 valence electrons. The molecule has 22 heavy (non-hydrogen) atoms. The van der Waals surface area contributed by atoms with Gasteiger partial charge in [0, 0.05) is 24.6 Å². The Labute approximate surface area is 129 Å². The van der Waals surface area contributed by atoms with E-state index < -0.39 is 0 Å². The third-order valence-electron chi connectivity index (χ3n) is 4.77. The number of anilines is 1. The van der Waals surface area contributed by atoms with Crippen molar-refractivity contribution in [3.05, 3.63) is 47.7 Å². The quantitative estimate of drug-likeness (QED) is 0.841. The Morgan fingerprint density at radius 2 is 1.95 bits per heavy atom. The van der Waals surface area contributed by atoms with E-state index in [1.165, 1.54) is 11.1 Å². The highest BCUT2D eigenvalue weighted by molar-refractivity contribution is 5.79. The number of nitrogens with two attached hydrogens (primary N) is 2. The van der Waals surface area contributed by atoms with Crippen molar-refractivity contribution in [3.63, 3.8) is 0 Å². The molecule has 0 radical (unpaired) electrons.